The Morgan fingerprint density at radius 1 is 1.18 bits per heavy atom. The van der Waals surface area contributed by atoms with Gasteiger partial charge in [0.2, 0.25) is 0 Å². The molecule has 0 saturated carbocycles. The molecule has 6 nitrogen and oxygen atoms in total. The molecule has 1 aromatic carbocycles. The fourth-order valence-corrected chi connectivity index (χ4v) is 1.79. The van der Waals surface area contributed by atoms with Crippen molar-refractivity contribution in [3.05, 3.63) is 42.1 Å². The van der Waals surface area contributed by atoms with E-state index >= 15 is 0 Å². The SMILES string of the molecule is COc1ccccc1NC(=O)c1ccc(NCC(C)C)nn1. The molecule has 116 valence electrons. The summed E-state index contributed by atoms with van der Waals surface area (Å²) in [5, 5.41) is 13.9. The monoisotopic (exact) mass is 300 g/mol. The number of amides is 1. The molecule has 0 saturated heterocycles. The molecule has 0 fully saturated rings. The van der Waals surface area contributed by atoms with Crippen molar-refractivity contribution < 1.29 is 9.53 Å². The van der Waals surface area contributed by atoms with Crippen molar-refractivity contribution in [3.63, 3.8) is 0 Å². The van der Waals surface area contributed by atoms with Gasteiger partial charge in [0.05, 0.1) is 12.8 Å². The molecule has 1 amide bonds. The van der Waals surface area contributed by atoms with Crippen LogP contribution in [-0.4, -0.2) is 29.8 Å². The highest BCUT2D eigenvalue weighted by Crippen LogP contribution is 2.23. The van der Waals surface area contributed by atoms with E-state index in [9.17, 15) is 4.79 Å². The third kappa shape index (κ3) is 4.18. The quantitative estimate of drug-likeness (QED) is 0.858. The van der Waals surface area contributed by atoms with E-state index in [0.717, 1.165) is 6.54 Å². The molecule has 6 heteroatoms. The third-order valence-electron chi connectivity index (χ3n) is 2.94. The van der Waals surface area contributed by atoms with Crippen molar-refractivity contribution >= 4 is 17.4 Å². The maximum atomic E-state index is 12.2. The van der Waals surface area contributed by atoms with Crippen molar-refractivity contribution in [1.29, 1.82) is 0 Å². The number of nitrogens with one attached hydrogen (secondary N) is 2. The van der Waals surface area contributed by atoms with Crippen LogP contribution in [0.15, 0.2) is 36.4 Å². The second kappa shape index (κ2) is 7.40. The van der Waals surface area contributed by atoms with Gasteiger partial charge in [-0.05, 0) is 30.2 Å². The lowest BCUT2D eigenvalue weighted by Gasteiger charge is -2.10. The standard InChI is InChI=1S/C16H20N4O2/c1-11(2)10-17-15-9-8-13(19-20-15)16(21)18-12-6-4-5-7-14(12)22-3/h4-9,11H,10H2,1-3H3,(H,17,20)(H,18,21). The number of aromatic nitrogens is 2. The van der Waals surface area contributed by atoms with Crippen LogP contribution in [0.4, 0.5) is 11.5 Å². The van der Waals surface area contributed by atoms with Gasteiger partial charge < -0.3 is 15.4 Å². The highest BCUT2D eigenvalue weighted by Gasteiger charge is 2.11. The van der Waals surface area contributed by atoms with Crippen molar-refractivity contribution in [1.82, 2.24) is 10.2 Å². The molecule has 0 unspecified atom stereocenters. The van der Waals surface area contributed by atoms with Crippen LogP contribution in [-0.2, 0) is 0 Å². The second-order valence-electron chi connectivity index (χ2n) is 5.23. The number of benzene rings is 1. The van der Waals surface area contributed by atoms with Gasteiger partial charge in [-0.25, -0.2) is 0 Å². The summed E-state index contributed by atoms with van der Waals surface area (Å²) < 4.78 is 5.19. The zero-order valence-corrected chi connectivity index (χ0v) is 13.0. The lowest BCUT2D eigenvalue weighted by Crippen LogP contribution is -2.16. The molecule has 0 radical (unpaired) electrons. The maximum absolute atomic E-state index is 12.2. The Kier molecular flexibility index (Phi) is 5.30. The van der Waals surface area contributed by atoms with E-state index in [2.05, 4.69) is 34.7 Å². The molecule has 2 N–H and O–H groups in total. The fourth-order valence-electron chi connectivity index (χ4n) is 1.79. The Morgan fingerprint density at radius 3 is 2.59 bits per heavy atom. The summed E-state index contributed by atoms with van der Waals surface area (Å²) in [6.07, 6.45) is 0. The van der Waals surface area contributed by atoms with Crippen LogP contribution in [0.25, 0.3) is 0 Å². The number of rotatable bonds is 6. The molecule has 1 heterocycles. The van der Waals surface area contributed by atoms with Gasteiger partial charge in [0.15, 0.2) is 5.69 Å². The lowest BCUT2D eigenvalue weighted by molar-refractivity contribution is 0.102. The number of para-hydroxylation sites is 2. The van der Waals surface area contributed by atoms with Crippen LogP contribution in [0.2, 0.25) is 0 Å². The van der Waals surface area contributed by atoms with Crippen LogP contribution in [0.5, 0.6) is 5.75 Å². The van der Waals surface area contributed by atoms with E-state index in [1.54, 1.807) is 31.4 Å². The molecule has 0 aliphatic rings. The first-order valence-electron chi connectivity index (χ1n) is 7.12. The number of carbonyl (C=O) groups excluding carboxylic acids is 1. The minimum absolute atomic E-state index is 0.251. The first-order chi connectivity index (χ1) is 10.6. The van der Waals surface area contributed by atoms with Crippen LogP contribution >= 0.6 is 0 Å². The van der Waals surface area contributed by atoms with Crippen LogP contribution < -0.4 is 15.4 Å². The number of hydrogen-bond acceptors (Lipinski definition) is 5. The minimum Gasteiger partial charge on any atom is -0.495 e. The molecule has 2 aromatic rings. The average molecular weight is 300 g/mol. The first kappa shape index (κ1) is 15.8. The van der Waals surface area contributed by atoms with Crippen LogP contribution in [0, 0.1) is 5.92 Å². The summed E-state index contributed by atoms with van der Waals surface area (Å²) in [6, 6.07) is 10.6. The molecule has 0 aliphatic heterocycles. The van der Waals surface area contributed by atoms with Gasteiger partial charge in [-0.15, -0.1) is 10.2 Å². The normalized spacial score (nSPS) is 10.4. The Bertz CT molecular complexity index is 626. The summed E-state index contributed by atoms with van der Waals surface area (Å²) >= 11 is 0. The van der Waals surface area contributed by atoms with Gasteiger partial charge in [-0.3, -0.25) is 4.79 Å². The Balaban J connectivity index is 2.03. The summed E-state index contributed by atoms with van der Waals surface area (Å²) in [6.45, 7) is 5.02. The number of nitrogens with zero attached hydrogens (tertiary/aromatic N) is 2. The summed E-state index contributed by atoms with van der Waals surface area (Å²) in [5.41, 5.74) is 0.847. The van der Waals surface area contributed by atoms with E-state index in [4.69, 9.17) is 4.74 Å². The van der Waals surface area contributed by atoms with E-state index in [-0.39, 0.29) is 11.6 Å². The van der Waals surface area contributed by atoms with Crippen molar-refractivity contribution in [3.8, 4) is 5.75 Å². The van der Waals surface area contributed by atoms with Gasteiger partial charge in [0.25, 0.3) is 5.91 Å². The Labute approximate surface area is 129 Å². The minimum atomic E-state index is -0.326. The largest absolute Gasteiger partial charge is 0.495 e. The van der Waals surface area contributed by atoms with E-state index in [1.165, 1.54) is 0 Å². The maximum Gasteiger partial charge on any atom is 0.276 e. The lowest BCUT2D eigenvalue weighted by atomic mass is 10.2. The smallest absolute Gasteiger partial charge is 0.276 e. The van der Waals surface area contributed by atoms with Gasteiger partial charge in [-0.2, -0.15) is 0 Å². The van der Waals surface area contributed by atoms with Gasteiger partial charge in [0.1, 0.15) is 11.6 Å². The number of carbonyl (C=O) groups is 1. The summed E-state index contributed by atoms with van der Waals surface area (Å²) in [4.78, 5) is 12.2. The third-order valence-corrected chi connectivity index (χ3v) is 2.94. The molecular formula is C16H20N4O2. The highest BCUT2D eigenvalue weighted by atomic mass is 16.5. The van der Waals surface area contributed by atoms with E-state index < -0.39 is 0 Å². The van der Waals surface area contributed by atoms with E-state index in [1.807, 2.05) is 12.1 Å². The van der Waals surface area contributed by atoms with Gasteiger partial charge in [-0.1, -0.05) is 26.0 Å². The number of methoxy groups -OCH3 is 1. The molecule has 0 atom stereocenters. The molecule has 1 aromatic heterocycles. The molecule has 22 heavy (non-hydrogen) atoms. The van der Waals surface area contributed by atoms with Crippen molar-refractivity contribution in [2.45, 2.75) is 13.8 Å². The molecular weight excluding hydrogens is 280 g/mol. The number of anilines is 2. The topological polar surface area (TPSA) is 76.1 Å². The first-order valence-corrected chi connectivity index (χ1v) is 7.12. The summed E-state index contributed by atoms with van der Waals surface area (Å²) in [5.74, 6) is 1.43. The highest BCUT2D eigenvalue weighted by molar-refractivity contribution is 6.03. The summed E-state index contributed by atoms with van der Waals surface area (Å²) in [7, 11) is 1.56. The zero-order valence-electron chi connectivity index (χ0n) is 13.0. The fraction of sp³-hybridized carbons (Fsp3) is 0.312. The molecule has 0 bridgehead atoms. The van der Waals surface area contributed by atoms with Crippen molar-refractivity contribution in [2.75, 3.05) is 24.3 Å². The second-order valence-corrected chi connectivity index (χ2v) is 5.23. The molecule has 0 aliphatic carbocycles. The number of ether oxygens (including phenoxy) is 1. The van der Waals surface area contributed by atoms with Crippen molar-refractivity contribution in [2.24, 2.45) is 5.92 Å². The van der Waals surface area contributed by atoms with Gasteiger partial charge >= 0.3 is 0 Å². The predicted octanol–water partition coefficient (Wildman–Crippen LogP) is 2.81. The van der Waals surface area contributed by atoms with Gasteiger partial charge in [0, 0.05) is 6.54 Å². The van der Waals surface area contributed by atoms with E-state index in [0.29, 0.717) is 23.2 Å². The number of hydrogen-bond donors (Lipinski definition) is 2. The van der Waals surface area contributed by atoms with Crippen LogP contribution in [0.3, 0.4) is 0 Å². The predicted molar refractivity (Wildman–Crippen MR) is 86.3 cm³/mol. The zero-order chi connectivity index (χ0) is 15.9. The average Bonchev–Trinajstić information content (AvgIpc) is 2.54. The van der Waals surface area contributed by atoms with Crippen LogP contribution in [0.1, 0.15) is 24.3 Å². The molecule has 0 spiro atoms. The Hall–Kier alpha value is -2.63. The Morgan fingerprint density at radius 2 is 1.95 bits per heavy atom. The molecule has 2 rings (SSSR count).